The van der Waals surface area contributed by atoms with Crippen LogP contribution in [-0.4, -0.2) is 50.6 Å². The highest BCUT2D eigenvalue weighted by molar-refractivity contribution is 6.15. The molecule has 0 fully saturated rings. The summed E-state index contributed by atoms with van der Waals surface area (Å²) < 4.78 is 22.6. The monoisotopic (exact) mass is 322 g/mol. The minimum absolute atomic E-state index is 0.0747. The number of carbonyl (C=O) groups excluding carboxylic acids is 3. The van der Waals surface area contributed by atoms with Gasteiger partial charge in [0.1, 0.15) is 5.82 Å². The number of fused-ring (bicyclic) bond motifs is 1. The standard InChI is InChI=1S/C15H15FN2O5/c1-18-7-11(12(14(20)22-2)15(21)23-3)17-10-5-4-8(16)6-9(10)13(18)19/h4-6,17H,7H2,1-3H3. The summed E-state index contributed by atoms with van der Waals surface area (Å²) in [7, 11) is 3.72. The molecule has 1 aromatic carbocycles. The molecule has 1 heterocycles. The van der Waals surface area contributed by atoms with Crippen molar-refractivity contribution in [3.05, 3.63) is 40.8 Å². The average Bonchev–Trinajstić information content (AvgIpc) is 2.65. The van der Waals surface area contributed by atoms with E-state index < -0.39 is 23.7 Å². The summed E-state index contributed by atoms with van der Waals surface area (Å²) in [5.74, 6) is -2.81. The number of hydrogen-bond donors (Lipinski definition) is 1. The van der Waals surface area contributed by atoms with Crippen LogP contribution < -0.4 is 5.32 Å². The zero-order valence-corrected chi connectivity index (χ0v) is 12.8. The number of nitrogens with one attached hydrogen (secondary N) is 1. The normalized spacial score (nSPS) is 13.7. The molecule has 122 valence electrons. The molecule has 2 rings (SSSR count). The van der Waals surface area contributed by atoms with Crippen molar-refractivity contribution in [1.82, 2.24) is 4.90 Å². The molecule has 0 bridgehead atoms. The number of ether oxygens (including phenoxy) is 2. The molecule has 8 heteroatoms. The molecule has 0 aliphatic carbocycles. The van der Waals surface area contributed by atoms with E-state index in [1.807, 2.05) is 0 Å². The van der Waals surface area contributed by atoms with Crippen LogP contribution in [0, 0.1) is 5.82 Å². The third-order valence-electron chi connectivity index (χ3n) is 3.32. The summed E-state index contributed by atoms with van der Waals surface area (Å²) in [6.07, 6.45) is 0. The van der Waals surface area contributed by atoms with Crippen LogP contribution in [0.2, 0.25) is 0 Å². The van der Waals surface area contributed by atoms with Gasteiger partial charge in [-0.05, 0) is 18.2 Å². The van der Waals surface area contributed by atoms with Crippen molar-refractivity contribution in [2.45, 2.75) is 0 Å². The minimum atomic E-state index is -0.897. The fraction of sp³-hybridized carbons (Fsp3) is 0.267. The molecule has 0 saturated carbocycles. The van der Waals surface area contributed by atoms with E-state index in [0.717, 1.165) is 26.4 Å². The Balaban J connectivity index is 2.62. The van der Waals surface area contributed by atoms with E-state index in [1.54, 1.807) is 0 Å². The van der Waals surface area contributed by atoms with E-state index >= 15 is 0 Å². The average molecular weight is 322 g/mol. The lowest BCUT2D eigenvalue weighted by Gasteiger charge is -2.16. The predicted octanol–water partition coefficient (Wildman–Crippen LogP) is 0.923. The summed E-state index contributed by atoms with van der Waals surface area (Å²) in [5, 5.41) is 2.83. The van der Waals surface area contributed by atoms with Crippen LogP contribution in [-0.2, 0) is 19.1 Å². The van der Waals surface area contributed by atoms with Crippen LogP contribution in [0.4, 0.5) is 10.1 Å². The SMILES string of the molecule is COC(=O)C(C(=O)OC)=C1CN(C)C(=O)c2cc(F)ccc2N1. The van der Waals surface area contributed by atoms with Gasteiger partial charge in [-0.25, -0.2) is 14.0 Å². The maximum absolute atomic E-state index is 13.4. The summed E-state index contributed by atoms with van der Waals surface area (Å²) >= 11 is 0. The minimum Gasteiger partial charge on any atom is -0.465 e. The first-order valence-electron chi connectivity index (χ1n) is 6.60. The molecule has 0 atom stereocenters. The number of benzene rings is 1. The molecule has 1 aliphatic rings. The lowest BCUT2D eigenvalue weighted by atomic mass is 10.1. The molecular formula is C15H15FN2O5. The van der Waals surface area contributed by atoms with E-state index in [9.17, 15) is 18.8 Å². The molecule has 1 aliphatic heterocycles. The second-order valence-electron chi connectivity index (χ2n) is 4.81. The van der Waals surface area contributed by atoms with Gasteiger partial charge in [0.05, 0.1) is 37.7 Å². The van der Waals surface area contributed by atoms with E-state index in [0.29, 0.717) is 0 Å². The van der Waals surface area contributed by atoms with Crippen LogP contribution in [0.15, 0.2) is 29.5 Å². The number of carbonyl (C=O) groups is 3. The lowest BCUT2D eigenvalue weighted by Crippen LogP contribution is -2.30. The maximum atomic E-state index is 13.4. The maximum Gasteiger partial charge on any atom is 0.347 e. The van der Waals surface area contributed by atoms with Gasteiger partial charge in [-0.1, -0.05) is 0 Å². The summed E-state index contributed by atoms with van der Waals surface area (Å²) in [4.78, 5) is 37.3. The molecule has 1 amide bonds. The van der Waals surface area contributed by atoms with Crippen LogP contribution in [0.3, 0.4) is 0 Å². The number of esters is 2. The van der Waals surface area contributed by atoms with Crippen molar-refractivity contribution >= 4 is 23.5 Å². The van der Waals surface area contributed by atoms with Crippen molar-refractivity contribution in [3.8, 4) is 0 Å². The van der Waals surface area contributed by atoms with E-state index in [-0.39, 0.29) is 29.1 Å². The van der Waals surface area contributed by atoms with Crippen LogP contribution in [0.25, 0.3) is 0 Å². The Hall–Kier alpha value is -2.90. The Morgan fingerprint density at radius 1 is 1.22 bits per heavy atom. The number of halogens is 1. The van der Waals surface area contributed by atoms with Crippen molar-refractivity contribution in [2.75, 3.05) is 33.1 Å². The van der Waals surface area contributed by atoms with Crippen molar-refractivity contribution in [2.24, 2.45) is 0 Å². The molecular weight excluding hydrogens is 307 g/mol. The second kappa shape index (κ2) is 6.47. The van der Waals surface area contributed by atoms with Crippen LogP contribution >= 0.6 is 0 Å². The first kappa shape index (κ1) is 16.5. The van der Waals surface area contributed by atoms with Crippen LogP contribution in [0.5, 0.6) is 0 Å². The number of anilines is 1. The summed E-state index contributed by atoms with van der Waals surface area (Å²) in [6, 6.07) is 3.60. The van der Waals surface area contributed by atoms with Gasteiger partial charge >= 0.3 is 11.9 Å². The van der Waals surface area contributed by atoms with Crippen LogP contribution in [0.1, 0.15) is 10.4 Å². The molecule has 1 aromatic rings. The molecule has 0 aromatic heterocycles. The molecule has 0 unspecified atom stereocenters. The van der Waals surface area contributed by atoms with Gasteiger partial charge in [0.25, 0.3) is 5.91 Å². The van der Waals surface area contributed by atoms with Gasteiger partial charge in [-0.3, -0.25) is 4.79 Å². The fourth-order valence-electron chi connectivity index (χ4n) is 2.19. The quantitative estimate of drug-likeness (QED) is 0.377. The topological polar surface area (TPSA) is 84.9 Å². The number of hydrogen-bond acceptors (Lipinski definition) is 6. The largest absolute Gasteiger partial charge is 0.465 e. The molecule has 23 heavy (non-hydrogen) atoms. The number of amides is 1. The van der Waals surface area contributed by atoms with Gasteiger partial charge in [-0.2, -0.15) is 0 Å². The Kier molecular flexibility index (Phi) is 4.63. The predicted molar refractivity (Wildman–Crippen MR) is 78.0 cm³/mol. The smallest absolute Gasteiger partial charge is 0.347 e. The van der Waals surface area contributed by atoms with Gasteiger partial charge in [0.2, 0.25) is 0 Å². The summed E-state index contributed by atoms with van der Waals surface area (Å²) in [5.41, 5.74) is 0.148. The van der Waals surface area contributed by atoms with E-state index in [1.165, 1.54) is 18.0 Å². The van der Waals surface area contributed by atoms with Gasteiger partial charge in [-0.15, -0.1) is 0 Å². The zero-order valence-electron chi connectivity index (χ0n) is 12.8. The first-order chi connectivity index (χ1) is 10.9. The van der Waals surface area contributed by atoms with E-state index in [4.69, 9.17) is 0 Å². The number of nitrogens with zero attached hydrogens (tertiary/aromatic N) is 1. The van der Waals surface area contributed by atoms with Crippen molar-refractivity contribution in [1.29, 1.82) is 0 Å². The van der Waals surface area contributed by atoms with Gasteiger partial charge in [0, 0.05) is 7.05 Å². The second-order valence-corrected chi connectivity index (χ2v) is 4.81. The van der Waals surface area contributed by atoms with E-state index in [2.05, 4.69) is 14.8 Å². The zero-order chi connectivity index (χ0) is 17.1. The molecule has 0 radical (unpaired) electrons. The Bertz CT molecular complexity index is 696. The first-order valence-corrected chi connectivity index (χ1v) is 6.60. The Labute approximate surface area is 131 Å². The highest BCUT2D eigenvalue weighted by Gasteiger charge is 2.30. The van der Waals surface area contributed by atoms with Crippen molar-refractivity contribution in [3.63, 3.8) is 0 Å². The Morgan fingerprint density at radius 3 is 2.39 bits per heavy atom. The number of rotatable bonds is 2. The van der Waals surface area contributed by atoms with Gasteiger partial charge in [0.15, 0.2) is 5.57 Å². The molecule has 7 nitrogen and oxygen atoms in total. The molecule has 0 saturated heterocycles. The van der Waals surface area contributed by atoms with Crippen molar-refractivity contribution < 1.29 is 28.2 Å². The third-order valence-corrected chi connectivity index (χ3v) is 3.32. The fourth-order valence-corrected chi connectivity index (χ4v) is 2.19. The highest BCUT2D eigenvalue weighted by Crippen LogP contribution is 2.25. The third kappa shape index (κ3) is 3.15. The molecule has 1 N–H and O–H groups in total. The van der Waals surface area contributed by atoms with Gasteiger partial charge < -0.3 is 19.7 Å². The molecule has 0 spiro atoms. The lowest BCUT2D eigenvalue weighted by molar-refractivity contribution is -0.144. The Morgan fingerprint density at radius 2 is 1.83 bits per heavy atom. The highest BCUT2D eigenvalue weighted by atomic mass is 19.1. The number of methoxy groups -OCH3 is 2. The summed E-state index contributed by atoms with van der Waals surface area (Å²) in [6.45, 7) is -0.0747. The number of likely N-dealkylation sites (N-methyl/N-ethyl adjacent to an activating group) is 1.